The molecule has 2 aliphatic heterocycles. The Morgan fingerprint density at radius 3 is 2.36 bits per heavy atom. The Morgan fingerprint density at radius 2 is 1.75 bits per heavy atom. The van der Waals surface area contributed by atoms with E-state index in [0.717, 1.165) is 24.3 Å². The van der Waals surface area contributed by atoms with Gasteiger partial charge in [-0.2, -0.15) is 0 Å². The van der Waals surface area contributed by atoms with Crippen LogP contribution in [0.1, 0.15) is 45.6 Å². The second kappa shape index (κ2) is 12.4. The van der Waals surface area contributed by atoms with Gasteiger partial charge in [0, 0.05) is 37.7 Å². The summed E-state index contributed by atoms with van der Waals surface area (Å²) in [6, 6.07) is 9.15. The average molecular weight is 558 g/mol. The van der Waals surface area contributed by atoms with Gasteiger partial charge in [0.15, 0.2) is 0 Å². The van der Waals surface area contributed by atoms with Crippen molar-refractivity contribution in [2.24, 2.45) is 5.41 Å². The van der Waals surface area contributed by atoms with E-state index in [1.165, 1.54) is 17.6 Å². The molecule has 1 unspecified atom stereocenters. The number of hydrogen-bond acceptors (Lipinski definition) is 9. The summed E-state index contributed by atoms with van der Waals surface area (Å²) < 4.78 is 18.5. The molecule has 2 aliphatic rings. The minimum Gasteiger partial charge on any atom is -0.331 e. The largest absolute Gasteiger partial charge is 0.377 e. The summed E-state index contributed by atoms with van der Waals surface area (Å²) in [7, 11) is -1.85. The Hall–Kier alpha value is -1.48. The second-order valence-corrected chi connectivity index (χ2v) is 16.2. The highest BCUT2D eigenvalue weighted by Crippen LogP contribution is 2.53. The molecule has 0 radical (unpaired) electrons. The van der Waals surface area contributed by atoms with Crippen LogP contribution in [0.5, 0.6) is 0 Å². The van der Waals surface area contributed by atoms with Crippen molar-refractivity contribution in [3.8, 4) is 0 Å². The number of unbranched alkanes of at least 4 members (excludes halogenated alkanes) is 1. The van der Waals surface area contributed by atoms with Gasteiger partial charge in [-0.15, -0.1) is 23.5 Å². The topological polar surface area (TPSA) is 99.2 Å². The molecule has 200 valence electrons. The summed E-state index contributed by atoms with van der Waals surface area (Å²) in [4.78, 5) is 49.4. The van der Waals surface area contributed by atoms with E-state index in [4.69, 9.17) is 14.3 Å². The van der Waals surface area contributed by atoms with Crippen molar-refractivity contribution in [2.75, 3.05) is 37.5 Å². The number of likely N-dealkylation sites (tertiary alicyclic amines) is 1. The van der Waals surface area contributed by atoms with Crippen LogP contribution in [0.15, 0.2) is 30.3 Å². The van der Waals surface area contributed by atoms with Crippen LogP contribution < -0.4 is 0 Å². The molecule has 0 bridgehead atoms. The molecule has 2 atom stereocenters. The van der Waals surface area contributed by atoms with Gasteiger partial charge in [-0.05, 0) is 45.6 Å². The molecule has 11 heteroatoms. The molecule has 1 amide bonds. The maximum atomic E-state index is 13.4. The highest BCUT2D eigenvalue weighted by Gasteiger charge is 2.53. The quantitative estimate of drug-likeness (QED) is 0.184. The SMILES string of the molecule is COP(=O)(CCCCc1ccccc1)CC(=O)N1CC2(C[C@H]1C(=O)OOC(=O)C(C)(C)C)SCCS2. The van der Waals surface area contributed by atoms with Crippen molar-refractivity contribution in [3.05, 3.63) is 35.9 Å². The van der Waals surface area contributed by atoms with Gasteiger partial charge in [-0.25, -0.2) is 19.4 Å². The molecule has 0 aromatic heterocycles. The van der Waals surface area contributed by atoms with Crippen molar-refractivity contribution in [1.82, 2.24) is 4.90 Å². The number of hydrogen-bond donors (Lipinski definition) is 0. The molecule has 36 heavy (non-hydrogen) atoms. The third kappa shape index (κ3) is 7.76. The van der Waals surface area contributed by atoms with E-state index >= 15 is 0 Å². The van der Waals surface area contributed by atoms with Crippen LogP contribution >= 0.6 is 30.9 Å². The summed E-state index contributed by atoms with van der Waals surface area (Å²) in [6.45, 7) is 5.29. The fourth-order valence-corrected chi connectivity index (χ4v) is 9.16. The van der Waals surface area contributed by atoms with E-state index in [2.05, 4.69) is 12.1 Å². The van der Waals surface area contributed by atoms with Gasteiger partial charge in [-0.1, -0.05) is 30.3 Å². The third-order valence-electron chi connectivity index (χ3n) is 6.28. The zero-order chi connectivity index (χ0) is 26.4. The van der Waals surface area contributed by atoms with Crippen LogP contribution in [0.4, 0.5) is 0 Å². The fraction of sp³-hybridized carbons (Fsp3) is 0.640. The molecule has 3 rings (SSSR count). The van der Waals surface area contributed by atoms with Gasteiger partial charge >= 0.3 is 11.9 Å². The second-order valence-electron chi connectivity index (χ2n) is 10.2. The Labute approximate surface area is 221 Å². The van der Waals surface area contributed by atoms with E-state index in [1.54, 1.807) is 44.3 Å². The summed E-state index contributed by atoms with van der Waals surface area (Å²) in [5, 5.41) is 0. The summed E-state index contributed by atoms with van der Waals surface area (Å²) in [5.74, 6) is -0.0273. The molecule has 1 spiro atoms. The third-order valence-corrected chi connectivity index (χ3v) is 12.1. The van der Waals surface area contributed by atoms with Crippen LogP contribution in [0.3, 0.4) is 0 Å². The van der Waals surface area contributed by atoms with Gasteiger partial charge in [0.1, 0.15) is 12.2 Å². The monoisotopic (exact) mass is 557 g/mol. The zero-order valence-electron chi connectivity index (χ0n) is 21.4. The maximum Gasteiger partial charge on any atom is 0.377 e. The van der Waals surface area contributed by atoms with E-state index in [0.29, 0.717) is 25.5 Å². The van der Waals surface area contributed by atoms with Crippen LogP contribution in [0, 0.1) is 5.41 Å². The minimum atomic E-state index is -3.23. The lowest BCUT2D eigenvalue weighted by molar-refractivity contribution is -0.267. The van der Waals surface area contributed by atoms with E-state index in [1.807, 2.05) is 18.2 Å². The van der Waals surface area contributed by atoms with E-state index in [-0.39, 0.29) is 10.2 Å². The first-order valence-electron chi connectivity index (χ1n) is 12.1. The van der Waals surface area contributed by atoms with Crippen molar-refractivity contribution in [2.45, 2.75) is 56.6 Å². The summed E-state index contributed by atoms with van der Waals surface area (Å²) in [6.07, 6.45) is 2.77. The van der Waals surface area contributed by atoms with Crippen molar-refractivity contribution in [1.29, 1.82) is 0 Å². The van der Waals surface area contributed by atoms with Gasteiger partial charge in [0.05, 0.1) is 9.49 Å². The maximum absolute atomic E-state index is 13.4. The van der Waals surface area contributed by atoms with Crippen LogP contribution in [-0.4, -0.2) is 70.4 Å². The number of aryl methyl sites for hydroxylation is 1. The van der Waals surface area contributed by atoms with E-state index in [9.17, 15) is 18.9 Å². The number of thioether (sulfide) groups is 2. The number of carbonyl (C=O) groups excluding carboxylic acids is 3. The molecule has 1 aromatic carbocycles. The zero-order valence-corrected chi connectivity index (χ0v) is 23.9. The van der Waals surface area contributed by atoms with Gasteiger partial charge in [0.25, 0.3) is 0 Å². The lowest BCUT2D eigenvalue weighted by atomic mass is 9.98. The normalized spacial score (nSPS) is 20.8. The molecular weight excluding hydrogens is 521 g/mol. The standard InChI is InChI=1S/C25H36NO7PS2/c1-24(2,3)23(29)33-32-22(28)20-16-25(35-14-15-36-25)18-26(20)21(27)17-34(30,31-4)13-9-8-12-19-10-6-5-7-11-19/h5-7,10-11,20H,8-9,12-18H2,1-4H3/t20-,34?/m0/s1. The van der Waals surface area contributed by atoms with Gasteiger partial charge < -0.3 is 9.42 Å². The van der Waals surface area contributed by atoms with Crippen molar-refractivity contribution < 1.29 is 33.2 Å². The highest BCUT2D eigenvalue weighted by atomic mass is 32.2. The summed E-state index contributed by atoms with van der Waals surface area (Å²) >= 11 is 3.43. The highest BCUT2D eigenvalue weighted by molar-refractivity contribution is 8.21. The molecule has 8 nitrogen and oxygen atoms in total. The minimum absolute atomic E-state index is 0.272. The first-order valence-corrected chi connectivity index (χ1v) is 16.1. The molecule has 0 saturated carbocycles. The predicted molar refractivity (Wildman–Crippen MR) is 143 cm³/mol. The summed E-state index contributed by atoms with van der Waals surface area (Å²) in [5.41, 5.74) is 0.374. The Balaban J connectivity index is 1.62. The van der Waals surface area contributed by atoms with Crippen LogP contribution in [0.2, 0.25) is 0 Å². The Kier molecular flexibility index (Phi) is 10.00. The predicted octanol–water partition coefficient (Wildman–Crippen LogP) is 4.76. The molecule has 2 fully saturated rings. The van der Waals surface area contributed by atoms with Gasteiger partial charge in [-0.3, -0.25) is 9.36 Å². The molecule has 2 saturated heterocycles. The molecule has 2 heterocycles. The lowest BCUT2D eigenvalue weighted by Crippen LogP contribution is -2.43. The van der Waals surface area contributed by atoms with Crippen molar-refractivity contribution >= 4 is 48.7 Å². The molecular formula is C25H36NO7PS2. The number of amides is 1. The Bertz CT molecular complexity index is 976. The lowest BCUT2D eigenvalue weighted by Gasteiger charge is -2.25. The van der Waals surface area contributed by atoms with Gasteiger partial charge in [0.2, 0.25) is 13.3 Å². The van der Waals surface area contributed by atoms with Crippen molar-refractivity contribution in [3.63, 3.8) is 0 Å². The smallest absolute Gasteiger partial charge is 0.331 e. The number of nitrogens with zero attached hydrogens (tertiary/aromatic N) is 1. The first kappa shape index (κ1) is 29.1. The van der Waals surface area contributed by atoms with E-state index < -0.39 is 36.7 Å². The number of carbonyl (C=O) groups is 3. The molecule has 1 aromatic rings. The van der Waals surface area contributed by atoms with Crippen LogP contribution in [0.25, 0.3) is 0 Å². The number of benzene rings is 1. The fourth-order valence-electron chi connectivity index (χ4n) is 4.14. The molecule has 0 aliphatic carbocycles. The Morgan fingerprint density at radius 1 is 1.08 bits per heavy atom. The van der Waals surface area contributed by atoms with Crippen LogP contribution in [-0.2, 0) is 39.7 Å². The average Bonchev–Trinajstić information content (AvgIpc) is 3.47. The first-order chi connectivity index (χ1) is 17.0. The number of rotatable bonds is 9. The molecule has 0 N–H and O–H groups in total.